The van der Waals surface area contributed by atoms with Gasteiger partial charge in [-0.2, -0.15) is 0 Å². The van der Waals surface area contributed by atoms with Crippen molar-refractivity contribution in [3.05, 3.63) is 35.6 Å². The number of amides is 2. The fourth-order valence-electron chi connectivity index (χ4n) is 1.22. The third-order valence-corrected chi connectivity index (χ3v) is 1.89. The minimum Gasteiger partial charge on any atom is -0.436 e. The number of ether oxygens (including phenoxy) is 1. The number of primary amides is 2. The Morgan fingerprint density at radius 3 is 2.56 bits per heavy atom. The summed E-state index contributed by atoms with van der Waals surface area (Å²) in [5.74, 6) is -1.28. The SMILES string of the molecule is NC(=O)OC(Cc1cccc(F)c1)C(N)=O. The molecule has 5 nitrogen and oxygen atoms in total. The van der Waals surface area contributed by atoms with Crippen molar-refractivity contribution in [1.82, 2.24) is 0 Å². The summed E-state index contributed by atoms with van der Waals surface area (Å²) >= 11 is 0. The fourth-order valence-corrected chi connectivity index (χ4v) is 1.22. The van der Waals surface area contributed by atoms with Crippen molar-refractivity contribution < 1.29 is 18.7 Å². The van der Waals surface area contributed by atoms with Gasteiger partial charge in [-0.3, -0.25) is 4.79 Å². The highest BCUT2D eigenvalue weighted by molar-refractivity contribution is 5.81. The number of rotatable bonds is 4. The average molecular weight is 226 g/mol. The van der Waals surface area contributed by atoms with E-state index in [0.717, 1.165) is 0 Å². The normalized spacial score (nSPS) is 11.8. The van der Waals surface area contributed by atoms with Gasteiger partial charge in [0.25, 0.3) is 5.91 Å². The second kappa shape index (κ2) is 5.11. The molecule has 0 fully saturated rings. The molecule has 0 spiro atoms. The Morgan fingerprint density at radius 1 is 1.38 bits per heavy atom. The van der Waals surface area contributed by atoms with Gasteiger partial charge < -0.3 is 16.2 Å². The molecule has 2 amide bonds. The molecule has 0 radical (unpaired) electrons. The molecule has 1 unspecified atom stereocenters. The molecule has 16 heavy (non-hydrogen) atoms. The van der Waals surface area contributed by atoms with Crippen LogP contribution in [0.25, 0.3) is 0 Å². The van der Waals surface area contributed by atoms with E-state index in [1.54, 1.807) is 6.07 Å². The van der Waals surface area contributed by atoms with Crippen LogP contribution in [0.1, 0.15) is 5.56 Å². The number of hydrogen-bond donors (Lipinski definition) is 2. The molecular formula is C10H11FN2O3. The number of halogens is 1. The largest absolute Gasteiger partial charge is 0.436 e. The zero-order chi connectivity index (χ0) is 12.1. The first-order chi connectivity index (χ1) is 7.49. The predicted molar refractivity (Wildman–Crippen MR) is 53.8 cm³/mol. The van der Waals surface area contributed by atoms with Gasteiger partial charge in [0.1, 0.15) is 5.82 Å². The topological polar surface area (TPSA) is 95.4 Å². The first-order valence-corrected chi connectivity index (χ1v) is 4.49. The van der Waals surface area contributed by atoms with Crippen molar-refractivity contribution >= 4 is 12.0 Å². The molecule has 6 heteroatoms. The lowest BCUT2D eigenvalue weighted by Gasteiger charge is -2.12. The number of hydrogen-bond acceptors (Lipinski definition) is 3. The summed E-state index contributed by atoms with van der Waals surface area (Å²) in [6.07, 6.45) is -2.28. The van der Waals surface area contributed by atoms with Crippen molar-refractivity contribution in [1.29, 1.82) is 0 Å². The van der Waals surface area contributed by atoms with E-state index < -0.39 is 23.9 Å². The first kappa shape index (κ1) is 12.0. The van der Waals surface area contributed by atoms with Crippen LogP contribution in [0.4, 0.5) is 9.18 Å². The molecule has 0 aromatic heterocycles. The maximum Gasteiger partial charge on any atom is 0.405 e. The second-order valence-electron chi connectivity index (χ2n) is 3.16. The number of carbonyl (C=O) groups excluding carboxylic acids is 2. The highest BCUT2D eigenvalue weighted by Crippen LogP contribution is 2.08. The molecule has 1 atom stereocenters. The van der Waals surface area contributed by atoms with E-state index in [9.17, 15) is 14.0 Å². The molecule has 0 aliphatic carbocycles. The Hall–Kier alpha value is -2.11. The molecule has 0 aliphatic heterocycles. The maximum absolute atomic E-state index is 12.8. The van der Waals surface area contributed by atoms with Crippen LogP contribution in [0, 0.1) is 5.82 Å². The van der Waals surface area contributed by atoms with Crippen molar-refractivity contribution in [3.63, 3.8) is 0 Å². The van der Waals surface area contributed by atoms with Crippen LogP contribution >= 0.6 is 0 Å². The van der Waals surface area contributed by atoms with Crippen LogP contribution in [0.3, 0.4) is 0 Å². The zero-order valence-electron chi connectivity index (χ0n) is 8.35. The van der Waals surface area contributed by atoms with Gasteiger partial charge in [0.05, 0.1) is 0 Å². The fraction of sp³-hybridized carbons (Fsp3) is 0.200. The summed E-state index contributed by atoms with van der Waals surface area (Å²) in [4.78, 5) is 21.4. The van der Waals surface area contributed by atoms with E-state index >= 15 is 0 Å². The summed E-state index contributed by atoms with van der Waals surface area (Å²) in [6, 6.07) is 5.55. The van der Waals surface area contributed by atoms with Gasteiger partial charge in [-0.25, -0.2) is 9.18 Å². The minimum atomic E-state index is -1.18. The van der Waals surface area contributed by atoms with Gasteiger partial charge in [-0.15, -0.1) is 0 Å². The molecule has 86 valence electrons. The summed E-state index contributed by atoms with van der Waals surface area (Å²) < 4.78 is 17.3. The Labute approximate surface area is 91.2 Å². The molecular weight excluding hydrogens is 215 g/mol. The van der Waals surface area contributed by atoms with Crippen LogP contribution < -0.4 is 11.5 Å². The van der Waals surface area contributed by atoms with E-state index in [1.807, 2.05) is 0 Å². The molecule has 0 saturated carbocycles. The highest BCUT2D eigenvalue weighted by atomic mass is 19.1. The van der Waals surface area contributed by atoms with Crippen molar-refractivity contribution in [2.45, 2.75) is 12.5 Å². The lowest BCUT2D eigenvalue weighted by molar-refractivity contribution is -0.126. The Balaban J connectivity index is 2.75. The molecule has 0 bridgehead atoms. The van der Waals surface area contributed by atoms with Crippen molar-refractivity contribution in [2.75, 3.05) is 0 Å². The maximum atomic E-state index is 12.8. The van der Waals surface area contributed by atoms with E-state index in [1.165, 1.54) is 18.2 Å². The first-order valence-electron chi connectivity index (χ1n) is 4.49. The third-order valence-electron chi connectivity index (χ3n) is 1.89. The number of carbonyl (C=O) groups is 2. The molecule has 1 aromatic carbocycles. The summed E-state index contributed by atoms with van der Waals surface area (Å²) in [5.41, 5.74) is 10.3. The van der Waals surface area contributed by atoms with Gasteiger partial charge in [0.15, 0.2) is 6.10 Å². The molecule has 1 rings (SSSR count). The van der Waals surface area contributed by atoms with Gasteiger partial charge in [-0.1, -0.05) is 12.1 Å². The summed E-state index contributed by atoms with van der Waals surface area (Å²) in [7, 11) is 0. The predicted octanol–water partition coefficient (Wildman–Crippen LogP) is 0.317. The number of nitrogens with two attached hydrogens (primary N) is 2. The smallest absolute Gasteiger partial charge is 0.405 e. The molecule has 1 aromatic rings. The third kappa shape index (κ3) is 3.56. The minimum absolute atomic E-state index is 0.00394. The van der Waals surface area contributed by atoms with Crippen molar-refractivity contribution in [2.24, 2.45) is 11.5 Å². The molecule has 0 saturated heterocycles. The van der Waals surface area contributed by atoms with Crippen LogP contribution in [0.15, 0.2) is 24.3 Å². The van der Waals surface area contributed by atoms with Gasteiger partial charge in [0, 0.05) is 6.42 Å². The van der Waals surface area contributed by atoms with Crippen LogP contribution in [-0.4, -0.2) is 18.1 Å². The van der Waals surface area contributed by atoms with E-state index in [4.69, 9.17) is 11.5 Å². The molecule has 0 aliphatic rings. The summed E-state index contributed by atoms with van der Waals surface area (Å²) in [5, 5.41) is 0. The Kier molecular flexibility index (Phi) is 3.82. The lowest BCUT2D eigenvalue weighted by Crippen LogP contribution is -2.36. The highest BCUT2D eigenvalue weighted by Gasteiger charge is 2.19. The quantitative estimate of drug-likeness (QED) is 0.773. The molecule has 0 heterocycles. The van der Waals surface area contributed by atoms with E-state index in [-0.39, 0.29) is 6.42 Å². The van der Waals surface area contributed by atoms with Crippen LogP contribution in [0.5, 0.6) is 0 Å². The Morgan fingerprint density at radius 2 is 2.06 bits per heavy atom. The average Bonchev–Trinajstić information content (AvgIpc) is 2.15. The van der Waals surface area contributed by atoms with E-state index in [2.05, 4.69) is 4.74 Å². The number of benzene rings is 1. The van der Waals surface area contributed by atoms with Gasteiger partial charge in [0.2, 0.25) is 0 Å². The summed E-state index contributed by atoms with van der Waals surface area (Å²) in [6.45, 7) is 0. The lowest BCUT2D eigenvalue weighted by atomic mass is 10.1. The van der Waals surface area contributed by atoms with Crippen LogP contribution in [-0.2, 0) is 16.0 Å². The van der Waals surface area contributed by atoms with Gasteiger partial charge in [-0.05, 0) is 17.7 Å². The van der Waals surface area contributed by atoms with Gasteiger partial charge >= 0.3 is 6.09 Å². The zero-order valence-corrected chi connectivity index (χ0v) is 8.35. The van der Waals surface area contributed by atoms with Crippen LogP contribution in [0.2, 0.25) is 0 Å². The Bertz CT molecular complexity index is 409. The molecule has 4 N–H and O–H groups in total. The van der Waals surface area contributed by atoms with E-state index in [0.29, 0.717) is 5.56 Å². The monoisotopic (exact) mass is 226 g/mol. The van der Waals surface area contributed by atoms with Crippen molar-refractivity contribution in [3.8, 4) is 0 Å². The standard InChI is InChI=1S/C10H11FN2O3/c11-7-3-1-2-6(4-7)5-8(9(12)14)16-10(13)15/h1-4,8H,5H2,(H2,12,14)(H2,13,15). The second-order valence-corrected chi connectivity index (χ2v) is 3.16.